The number of aromatic nitrogens is 3. The van der Waals surface area contributed by atoms with Crippen molar-refractivity contribution in [1.82, 2.24) is 19.3 Å². The Morgan fingerprint density at radius 3 is 2.66 bits per heavy atom. The number of fused-ring (bicyclic) bond motifs is 1. The SMILES string of the molecule is Cc1c(C(=O)OC(C)C)cc2cc(-c3ncc[nH]3)cn2c1C(C)N1CCOCC1. The van der Waals surface area contributed by atoms with E-state index >= 15 is 0 Å². The Kier molecular flexibility index (Phi) is 5.43. The van der Waals surface area contributed by atoms with Gasteiger partial charge in [0.15, 0.2) is 0 Å². The number of H-pyrrole nitrogens is 1. The van der Waals surface area contributed by atoms with Crippen LogP contribution in [0.15, 0.2) is 30.7 Å². The molecule has 7 heteroatoms. The maximum Gasteiger partial charge on any atom is 0.338 e. The van der Waals surface area contributed by atoms with Crippen molar-refractivity contribution in [3.8, 4) is 11.4 Å². The van der Waals surface area contributed by atoms with Gasteiger partial charge < -0.3 is 18.9 Å². The zero-order valence-corrected chi connectivity index (χ0v) is 17.4. The quantitative estimate of drug-likeness (QED) is 0.667. The van der Waals surface area contributed by atoms with Gasteiger partial charge in [-0.05, 0) is 45.4 Å². The van der Waals surface area contributed by atoms with Gasteiger partial charge in [-0.2, -0.15) is 0 Å². The van der Waals surface area contributed by atoms with E-state index in [1.165, 1.54) is 0 Å². The van der Waals surface area contributed by atoms with Crippen molar-refractivity contribution in [2.24, 2.45) is 0 Å². The van der Waals surface area contributed by atoms with Crippen LogP contribution >= 0.6 is 0 Å². The summed E-state index contributed by atoms with van der Waals surface area (Å²) in [5, 5.41) is 0. The molecule has 3 aromatic heterocycles. The Morgan fingerprint density at radius 2 is 2.00 bits per heavy atom. The van der Waals surface area contributed by atoms with E-state index in [9.17, 15) is 4.79 Å². The fraction of sp³-hybridized carbons (Fsp3) is 0.455. The summed E-state index contributed by atoms with van der Waals surface area (Å²) < 4.78 is 13.2. The third-order valence-corrected chi connectivity index (χ3v) is 5.51. The van der Waals surface area contributed by atoms with Crippen LogP contribution in [0.25, 0.3) is 16.9 Å². The standard InChI is InChI=1S/C22H28N4O3/c1-14(2)29-22(27)19-12-18-11-17(21-23-5-6-24-21)13-26(18)20(15(19)3)16(4)25-7-9-28-10-8-25/h5-6,11-14,16H,7-10H2,1-4H3,(H,23,24). The van der Waals surface area contributed by atoms with Crippen molar-refractivity contribution >= 4 is 11.5 Å². The molecule has 0 spiro atoms. The highest BCUT2D eigenvalue weighted by Crippen LogP contribution is 2.31. The lowest BCUT2D eigenvalue weighted by Gasteiger charge is -2.34. The van der Waals surface area contributed by atoms with Crippen LogP contribution < -0.4 is 0 Å². The first-order chi connectivity index (χ1) is 14.0. The van der Waals surface area contributed by atoms with Crippen LogP contribution in [0.3, 0.4) is 0 Å². The van der Waals surface area contributed by atoms with Crippen molar-refractivity contribution in [3.63, 3.8) is 0 Å². The van der Waals surface area contributed by atoms with Crippen molar-refractivity contribution in [2.45, 2.75) is 39.8 Å². The zero-order valence-electron chi connectivity index (χ0n) is 17.4. The summed E-state index contributed by atoms with van der Waals surface area (Å²) >= 11 is 0. The van der Waals surface area contributed by atoms with Gasteiger partial charge in [-0.1, -0.05) is 0 Å². The van der Waals surface area contributed by atoms with Gasteiger partial charge in [0.2, 0.25) is 0 Å². The van der Waals surface area contributed by atoms with E-state index in [4.69, 9.17) is 9.47 Å². The highest BCUT2D eigenvalue weighted by atomic mass is 16.5. The topological polar surface area (TPSA) is 71.9 Å². The number of hydrogen-bond donors (Lipinski definition) is 1. The molecule has 1 fully saturated rings. The van der Waals surface area contributed by atoms with Crippen molar-refractivity contribution in [1.29, 1.82) is 0 Å². The highest BCUT2D eigenvalue weighted by molar-refractivity contribution is 5.93. The molecule has 1 unspecified atom stereocenters. The summed E-state index contributed by atoms with van der Waals surface area (Å²) in [5.74, 6) is 0.527. The molecule has 0 amide bonds. The molecule has 29 heavy (non-hydrogen) atoms. The molecule has 3 aromatic rings. The summed E-state index contributed by atoms with van der Waals surface area (Å²) in [6, 6.07) is 4.10. The van der Waals surface area contributed by atoms with Gasteiger partial charge in [0.25, 0.3) is 0 Å². The summed E-state index contributed by atoms with van der Waals surface area (Å²) in [5.41, 5.74) is 4.60. The molecule has 0 radical (unpaired) electrons. The monoisotopic (exact) mass is 396 g/mol. The maximum absolute atomic E-state index is 12.8. The molecule has 1 aliphatic rings. The first-order valence-corrected chi connectivity index (χ1v) is 10.1. The first-order valence-electron chi connectivity index (χ1n) is 10.1. The number of imidazole rings is 1. The van der Waals surface area contributed by atoms with Crippen LogP contribution in [0.5, 0.6) is 0 Å². The Balaban J connectivity index is 1.86. The average molecular weight is 396 g/mol. The van der Waals surface area contributed by atoms with E-state index in [0.29, 0.717) is 5.56 Å². The molecular weight excluding hydrogens is 368 g/mol. The van der Waals surface area contributed by atoms with E-state index in [2.05, 4.69) is 38.5 Å². The largest absolute Gasteiger partial charge is 0.459 e. The molecule has 1 atom stereocenters. The predicted molar refractivity (Wildman–Crippen MR) is 111 cm³/mol. The fourth-order valence-electron chi connectivity index (χ4n) is 4.07. The predicted octanol–water partition coefficient (Wildman–Crippen LogP) is 3.60. The molecule has 154 valence electrons. The first kappa shape index (κ1) is 19.7. The average Bonchev–Trinajstić information content (AvgIpc) is 3.36. The number of carbonyl (C=O) groups excluding carboxylic acids is 1. The number of hydrogen-bond acceptors (Lipinski definition) is 5. The van der Waals surface area contributed by atoms with Gasteiger partial charge in [0, 0.05) is 54.5 Å². The number of pyridine rings is 1. The molecule has 0 aromatic carbocycles. The summed E-state index contributed by atoms with van der Waals surface area (Å²) in [4.78, 5) is 22.8. The molecule has 1 aliphatic heterocycles. The molecule has 1 saturated heterocycles. The van der Waals surface area contributed by atoms with Gasteiger partial charge in [-0.25, -0.2) is 9.78 Å². The number of nitrogens with zero attached hydrogens (tertiary/aromatic N) is 3. The molecule has 0 aliphatic carbocycles. The maximum atomic E-state index is 12.8. The number of aromatic amines is 1. The number of morpholine rings is 1. The number of nitrogens with one attached hydrogen (secondary N) is 1. The van der Waals surface area contributed by atoms with Crippen LogP contribution in [0.1, 0.15) is 48.4 Å². The highest BCUT2D eigenvalue weighted by Gasteiger charge is 2.26. The molecular formula is C22H28N4O3. The smallest absolute Gasteiger partial charge is 0.338 e. The number of carbonyl (C=O) groups is 1. The second-order valence-corrected chi connectivity index (χ2v) is 7.81. The van der Waals surface area contributed by atoms with Crippen LogP contribution in [0, 0.1) is 6.92 Å². The van der Waals surface area contributed by atoms with Gasteiger partial charge in [-0.15, -0.1) is 0 Å². The third kappa shape index (κ3) is 3.80. The second kappa shape index (κ2) is 8.00. The summed E-state index contributed by atoms with van der Waals surface area (Å²) in [6.45, 7) is 11.1. The van der Waals surface area contributed by atoms with Crippen LogP contribution in [-0.2, 0) is 9.47 Å². The third-order valence-electron chi connectivity index (χ3n) is 5.51. The normalized spacial score (nSPS) is 16.4. The zero-order chi connectivity index (χ0) is 20.5. The molecule has 0 bridgehead atoms. The number of esters is 1. The Morgan fingerprint density at radius 1 is 1.24 bits per heavy atom. The number of rotatable bonds is 5. The minimum Gasteiger partial charge on any atom is -0.459 e. The van der Waals surface area contributed by atoms with Crippen LogP contribution in [0.4, 0.5) is 0 Å². The summed E-state index contributed by atoms with van der Waals surface area (Å²) in [6.07, 6.45) is 5.48. The van der Waals surface area contributed by atoms with Crippen molar-refractivity contribution in [3.05, 3.63) is 47.5 Å². The van der Waals surface area contributed by atoms with E-state index in [0.717, 1.165) is 54.5 Å². The Bertz CT molecular complexity index is 1000. The van der Waals surface area contributed by atoms with Crippen molar-refractivity contribution < 1.29 is 14.3 Å². The van der Waals surface area contributed by atoms with E-state index in [1.807, 2.05) is 33.0 Å². The van der Waals surface area contributed by atoms with Gasteiger partial charge >= 0.3 is 5.97 Å². The van der Waals surface area contributed by atoms with E-state index < -0.39 is 0 Å². The lowest BCUT2D eigenvalue weighted by Crippen LogP contribution is -2.39. The number of ether oxygens (including phenoxy) is 2. The Hall–Kier alpha value is -2.64. The van der Waals surface area contributed by atoms with Crippen LogP contribution in [-0.4, -0.2) is 57.6 Å². The van der Waals surface area contributed by atoms with Crippen molar-refractivity contribution in [2.75, 3.05) is 26.3 Å². The van der Waals surface area contributed by atoms with Gasteiger partial charge in [0.05, 0.1) is 24.9 Å². The Labute approximate surface area is 170 Å². The van der Waals surface area contributed by atoms with Gasteiger partial charge in [-0.3, -0.25) is 4.90 Å². The molecule has 7 nitrogen and oxygen atoms in total. The fourth-order valence-corrected chi connectivity index (χ4v) is 4.07. The van der Waals surface area contributed by atoms with Crippen LogP contribution in [0.2, 0.25) is 0 Å². The summed E-state index contributed by atoms with van der Waals surface area (Å²) in [7, 11) is 0. The minimum absolute atomic E-state index is 0.130. The second-order valence-electron chi connectivity index (χ2n) is 7.81. The molecule has 4 heterocycles. The van der Waals surface area contributed by atoms with E-state index in [-0.39, 0.29) is 18.1 Å². The molecule has 1 N–H and O–H groups in total. The van der Waals surface area contributed by atoms with E-state index in [1.54, 1.807) is 6.20 Å². The van der Waals surface area contributed by atoms with Gasteiger partial charge in [0.1, 0.15) is 5.82 Å². The molecule has 0 saturated carbocycles. The molecule has 4 rings (SSSR count). The minimum atomic E-state index is -0.281. The lowest BCUT2D eigenvalue weighted by molar-refractivity contribution is 0.0186. The lowest BCUT2D eigenvalue weighted by atomic mass is 10.0.